The molecule has 0 fully saturated rings. The first-order chi connectivity index (χ1) is 12.3. The summed E-state index contributed by atoms with van der Waals surface area (Å²) in [6.07, 6.45) is 3.68. The number of rotatable bonds is 2. The first-order valence-electron chi connectivity index (χ1n) is 8.14. The number of nitrogens with one attached hydrogen (secondary N) is 1. The fourth-order valence-electron chi connectivity index (χ4n) is 3.42. The number of methoxy groups -OCH3 is 1. The Morgan fingerprint density at radius 2 is 1.64 bits per heavy atom. The highest BCUT2D eigenvalue weighted by Gasteiger charge is 2.14. The van der Waals surface area contributed by atoms with Gasteiger partial charge in [0.15, 0.2) is 0 Å². The van der Waals surface area contributed by atoms with Gasteiger partial charge in [0, 0.05) is 34.6 Å². The van der Waals surface area contributed by atoms with Gasteiger partial charge in [0.25, 0.3) is 0 Å². The van der Waals surface area contributed by atoms with Crippen LogP contribution in [0.3, 0.4) is 0 Å². The molecule has 2 aromatic carbocycles. The van der Waals surface area contributed by atoms with Crippen LogP contribution in [0.1, 0.15) is 0 Å². The molecule has 5 aromatic rings. The second kappa shape index (κ2) is 5.31. The second-order valence-corrected chi connectivity index (χ2v) is 6.00. The number of aromatic nitrogens is 3. The zero-order valence-electron chi connectivity index (χ0n) is 13.7. The van der Waals surface area contributed by atoms with E-state index >= 15 is 0 Å². The second-order valence-electron chi connectivity index (χ2n) is 6.00. The molecule has 3 heterocycles. The summed E-state index contributed by atoms with van der Waals surface area (Å²) in [6, 6.07) is 18.4. The number of benzene rings is 2. The van der Waals surface area contributed by atoms with Gasteiger partial charge in [0.2, 0.25) is 0 Å². The van der Waals surface area contributed by atoms with Crippen LogP contribution in [0.4, 0.5) is 0 Å². The van der Waals surface area contributed by atoms with Gasteiger partial charge in [-0.25, -0.2) is 0 Å². The zero-order valence-corrected chi connectivity index (χ0v) is 13.7. The number of aromatic amines is 1. The molecule has 0 aliphatic heterocycles. The van der Waals surface area contributed by atoms with Crippen molar-refractivity contribution in [2.75, 3.05) is 7.11 Å². The molecule has 120 valence electrons. The highest BCUT2D eigenvalue weighted by Crippen LogP contribution is 2.34. The molecule has 0 spiro atoms. The van der Waals surface area contributed by atoms with Crippen molar-refractivity contribution in [3.63, 3.8) is 0 Å². The van der Waals surface area contributed by atoms with Crippen LogP contribution in [-0.2, 0) is 0 Å². The standard InChI is InChI=1S/C21H15N3O/c1-25-14-6-7-16-17-9-11-23-21(20(17)24-18(16)12-14)19-15-5-3-2-4-13(15)8-10-22-19/h2-12,24H,1H3. The number of nitrogens with zero attached hydrogens (tertiary/aromatic N) is 2. The van der Waals surface area contributed by atoms with Crippen molar-refractivity contribution in [2.24, 2.45) is 0 Å². The minimum Gasteiger partial charge on any atom is -0.497 e. The molecule has 0 saturated carbocycles. The third kappa shape index (κ3) is 2.08. The Morgan fingerprint density at radius 3 is 2.56 bits per heavy atom. The maximum atomic E-state index is 5.34. The summed E-state index contributed by atoms with van der Waals surface area (Å²) in [5.41, 5.74) is 3.78. The van der Waals surface area contributed by atoms with E-state index in [0.29, 0.717) is 0 Å². The van der Waals surface area contributed by atoms with Gasteiger partial charge in [-0.15, -0.1) is 0 Å². The smallest absolute Gasteiger partial charge is 0.120 e. The third-order valence-electron chi connectivity index (χ3n) is 4.63. The molecule has 5 rings (SSSR count). The molecule has 4 nitrogen and oxygen atoms in total. The number of fused-ring (bicyclic) bond motifs is 4. The first kappa shape index (κ1) is 14.0. The lowest BCUT2D eigenvalue weighted by Gasteiger charge is -2.06. The van der Waals surface area contributed by atoms with Crippen molar-refractivity contribution < 1.29 is 4.74 Å². The lowest BCUT2D eigenvalue weighted by Crippen LogP contribution is -1.90. The minimum absolute atomic E-state index is 0.830. The zero-order chi connectivity index (χ0) is 16.8. The predicted molar refractivity (Wildman–Crippen MR) is 101 cm³/mol. The molecule has 3 aromatic heterocycles. The largest absolute Gasteiger partial charge is 0.497 e. The number of hydrogen-bond donors (Lipinski definition) is 1. The van der Waals surface area contributed by atoms with E-state index in [9.17, 15) is 0 Å². The van der Waals surface area contributed by atoms with Crippen LogP contribution < -0.4 is 4.74 Å². The lowest BCUT2D eigenvalue weighted by atomic mass is 10.1. The highest BCUT2D eigenvalue weighted by molar-refractivity contribution is 6.12. The summed E-state index contributed by atoms with van der Waals surface area (Å²) in [4.78, 5) is 12.8. The van der Waals surface area contributed by atoms with Gasteiger partial charge in [0.1, 0.15) is 11.4 Å². The highest BCUT2D eigenvalue weighted by atomic mass is 16.5. The predicted octanol–water partition coefficient (Wildman–Crippen LogP) is 4.94. The van der Waals surface area contributed by atoms with Crippen molar-refractivity contribution >= 4 is 32.6 Å². The summed E-state index contributed by atoms with van der Waals surface area (Å²) in [7, 11) is 1.68. The summed E-state index contributed by atoms with van der Waals surface area (Å²) >= 11 is 0. The molecule has 0 radical (unpaired) electrons. The Kier molecular flexibility index (Phi) is 2.97. The molecule has 0 bridgehead atoms. The van der Waals surface area contributed by atoms with Crippen LogP contribution in [0.25, 0.3) is 44.0 Å². The Morgan fingerprint density at radius 1 is 0.800 bits per heavy atom. The molecule has 1 N–H and O–H groups in total. The molecule has 4 heteroatoms. The number of H-pyrrole nitrogens is 1. The Balaban J connectivity index is 1.87. The molecule has 0 amide bonds. The number of ether oxygens (including phenoxy) is 1. The SMILES string of the molecule is COc1ccc2c(c1)[nH]c1c(-c3nccc4ccccc34)nccc12. The number of pyridine rings is 2. The summed E-state index contributed by atoms with van der Waals surface area (Å²) in [5.74, 6) is 0.830. The molecule has 0 saturated heterocycles. The minimum atomic E-state index is 0.830. The fourth-order valence-corrected chi connectivity index (χ4v) is 3.42. The Bertz CT molecular complexity index is 1230. The topological polar surface area (TPSA) is 50.8 Å². The van der Waals surface area contributed by atoms with Crippen molar-refractivity contribution in [3.8, 4) is 17.1 Å². The van der Waals surface area contributed by atoms with Gasteiger partial charge in [-0.05, 0) is 29.7 Å². The van der Waals surface area contributed by atoms with E-state index in [0.717, 1.165) is 49.7 Å². The molecule has 25 heavy (non-hydrogen) atoms. The Hall–Kier alpha value is -3.40. The van der Waals surface area contributed by atoms with E-state index in [1.165, 1.54) is 0 Å². The van der Waals surface area contributed by atoms with Crippen molar-refractivity contribution in [3.05, 3.63) is 67.0 Å². The maximum absolute atomic E-state index is 5.34. The average molecular weight is 325 g/mol. The molecular formula is C21H15N3O. The molecule has 0 atom stereocenters. The molecular weight excluding hydrogens is 310 g/mol. The van der Waals surface area contributed by atoms with Crippen molar-refractivity contribution in [1.82, 2.24) is 15.0 Å². The van der Waals surface area contributed by atoms with Gasteiger partial charge >= 0.3 is 0 Å². The Labute approximate surface area is 144 Å². The van der Waals surface area contributed by atoms with E-state index in [2.05, 4.69) is 33.2 Å². The average Bonchev–Trinajstić information content (AvgIpc) is 3.05. The monoisotopic (exact) mass is 325 g/mol. The van der Waals surface area contributed by atoms with E-state index in [-0.39, 0.29) is 0 Å². The van der Waals surface area contributed by atoms with Crippen LogP contribution in [0, 0.1) is 0 Å². The van der Waals surface area contributed by atoms with Crippen LogP contribution in [0.5, 0.6) is 5.75 Å². The van der Waals surface area contributed by atoms with E-state index in [1.54, 1.807) is 7.11 Å². The quantitative estimate of drug-likeness (QED) is 0.500. The van der Waals surface area contributed by atoms with Crippen LogP contribution in [0.2, 0.25) is 0 Å². The summed E-state index contributed by atoms with van der Waals surface area (Å²) < 4.78 is 5.34. The molecule has 0 aliphatic rings. The van der Waals surface area contributed by atoms with E-state index < -0.39 is 0 Å². The van der Waals surface area contributed by atoms with Gasteiger partial charge < -0.3 is 9.72 Å². The van der Waals surface area contributed by atoms with Gasteiger partial charge in [-0.3, -0.25) is 9.97 Å². The third-order valence-corrected chi connectivity index (χ3v) is 4.63. The van der Waals surface area contributed by atoms with Gasteiger partial charge in [-0.2, -0.15) is 0 Å². The van der Waals surface area contributed by atoms with Gasteiger partial charge in [0.05, 0.1) is 23.8 Å². The summed E-state index contributed by atoms with van der Waals surface area (Å²) in [6.45, 7) is 0. The van der Waals surface area contributed by atoms with E-state index in [1.807, 2.05) is 48.8 Å². The fraction of sp³-hybridized carbons (Fsp3) is 0.0476. The normalized spacial score (nSPS) is 11.4. The van der Waals surface area contributed by atoms with Crippen LogP contribution in [-0.4, -0.2) is 22.1 Å². The van der Waals surface area contributed by atoms with E-state index in [4.69, 9.17) is 4.74 Å². The molecule has 0 aliphatic carbocycles. The lowest BCUT2D eigenvalue weighted by molar-refractivity contribution is 0.415. The van der Waals surface area contributed by atoms with Crippen LogP contribution in [0.15, 0.2) is 67.0 Å². The van der Waals surface area contributed by atoms with Crippen molar-refractivity contribution in [2.45, 2.75) is 0 Å². The number of hydrogen-bond acceptors (Lipinski definition) is 3. The first-order valence-corrected chi connectivity index (χ1v) is 8.14. The maximum Gasteiger partial charge on any atom is 0.120 e. The summed E-state index contributed by atoms with van der Waals surface area (Å²) in [5, 5.41) is 4.54. The van der Waals surface area contributed by atoms with Gasteiger partial charge in [-0.1, -0.05) is 24.3 Å². The van der Waals surface area contributed by atoms with Crippen LogP contribution >= 0.6 is 0 Å². The molecule has 0 unspecified atom stereocenters. The van der Waals surface area contributed by atoms with Crippen molar-refractivity contribution in [1.29, 1.82) is 0 Å².